The summed E-state index contributed by atoms with van der Waals surface area (Å²) in [6.45, 7) is 6.15. The molecule has 1 aromatic rings. The van der Waals surface area contributed by atoms with Crippen LogP contribution in [0.1, 0.15) is 32.8 Å². The molecule has 2 fully saturated rings. The second kappa shape index (κ2) is 7.62. The lowest BCUT2D eigenvalue weighted by molar-refractivity contribution is -0.131. The standard InChI is InChI=1S/C21H25Cl2N3O5/c1-20(2,3)31-19(30)25-8-11(16(27)9-25)17(28)26-15-7-14(23)13(22)6-12(15)21(18(26)29)4-5-24-10-21/h6-7,11,16,24,27H,4-5,8-10H2,1-3H3/t11?,16?,21-/m1/s1. The number of likely N-dealkylation sites (tertiary alicyclic amines) is 1. The lowest BCUT2D eigenvalue weighted by atomic mass is 9.81. The molecule has 1 aromatic carbocycles. The number of ether oxygens (including phenoxy) is 1. The molecule has 2 unspecified atom stereocenters. The second-order valence-electron chi connectivity index (χ2n) is 9.33. The highest BCUT2D eigenvalue weighted by molar-refractivity contribution is 6.42. The largest absolute Gasteiger partial charge is 0.444 e. The summed E-state index contributed by atoms with van der Waals surface area (Å²) in [5, 5.41) is 14.3. The Labute approximate surface area is 190 Å². The minimum absolute atomic E-state index is 0.0411. The number of nitrogens with zero attached hydrogens (tertiary/aromatic N) is 2. The summed E-state index contributed by atoms with van der Waals surface area (Å²) in [4.78, 5) is 41.8. The van der Waals surface area contributed by atoms with Crippen LogP contribution in [0.15, 0.2) is 12.1 Å². The van der Waals surface area contributed by atoms with Gasteiger partial charge >= 0.3 is 6.09 Å². The second-order valence-corrected chi connectivity index (χ2v) is 10.1. The molecule has 3 heterocycles. The van der Waals surface area contributed by atoms with E-state index in [0.717, 1.165) is 4.90 Å². The van der Waals surface area contributed by atoms with Crippen molar-refractivity contribution in [3.05, 3.63) is 27.7 Å². The average molecular weight is 470 g/mol. The number of hydrogen-bond acceptors (Lipinski definition) is 6. The molecule has 31 heavy (non-hydrogen) atoms. The van der Waals surface area contributed by atoms with Crippen LogP contribution in [0.5, 0.6) is 0 Å². The third-order valence-electron chi connectivity index (χ3n) is 6.04. The number of rotatable bonds is 1. The Morgan fingerprint density at radius 1 is 1.23 bits per heavy atom. The number of aliphatic hydroxyl groups is 1. The normalized spacial score (nSPS) is 27.9. The molecule has 8 nitrogen and oxygen atoms in total. The van der Waals surface area contributed by atoms with Gasteiger partial charge in [-0.1, -0.05) is 23.2 Å². The predicted molar refractivity (Wildman–Crippen MR) is 115 cm³/mol. The van der Waals surface area contributed by atoms with Gasteiger partial charge in [0.1, 0.15) is 5.60 Å². The molecule has 3 aliphatic rings. The van der Waals surface area contributed by atoms with Gasteiger partial charge in [0.25, 0.3) is 0 Å². The molecule has 0 aromatic heterocycles. The fourth-order valence-electron chi connectivity index (χ4n) is 4.54. The van der Waals surface area contributed by atoms with Crippen LogP contribution in [-0.2, 0) is 19.7 Å². The highest BCUT2D eigenvalue weighted by Gasteiger charge is 2.56. The van der Waals surface area contributed by atoms with Crippen molar-refractivity contribution >= 4 is 46.8 Å². The number of carbonyl (C=O) groups excluding carboxylic acids is 3. The number of halogens is 2. The van der Waals surface area contributed by atoms with Crippen molar-refractivity contribution in [3.63, 3.8) is 0 Å². The van der Waals surface area contributed by atoms with Crippen LogP contribution in [0.3, 0.4) is 0 Å². The minimum Gasteiger partial charge on any atom is -0.444 e. The van der Waals surface area contributed by atoms with Crippen molar-refractivity contribution in [1.29, 1.82) is 0 Å². The van der Waals surface area contributed by atoms with Crippen LogP contribution < -0.4 is 10.2 Å². The maximum absolute atomic E-state index is 13.5. The van der Waals surface area contributed by atoms with Gasteiger partial charge in [-0.05, 0) is 51.4 Å². The molecule has 0 radical (unpaired) electrons. The molecule has 2 N–H and O–H groups in total. The van der Waals surface area contributed by atoms with Crippen molar-refractivity contribution < 1.29 is 24.2 Å². The number of amides is 3. The molecule has 3 atom stereocenters. The van der Waals surface area contributed by atoms with Gasteiger partial charge in [-0.15, -0.1) is 0 Å². The lowest BCUT2D eigenvalue weighted by Crippen LogP contribution is -2.48. The summed E-state index contributed by atoms with van der Waals surface area (Å²) in [5.41, 5.74) is -0.558. The van der Waals surface area contributed by atoms with Gasteiger partial charge in [-0.2, -0.15) is 0 Å². The van der Waals surface area contributed by atoms with Gasteiger partial charge in [0, 0.05) is 13.1 Å². The first-order valence-corrected chi connectivity index (χ1v) is 10.9. The van der Waals surface area contributed by atoms with E-state index in [0.29, 0.717) is 35.8 Å². The number of imide groups is 1. The van der Waals surface area contributed by atoms with Crippen LogP contribution in [0.4, 0.5) is 10.5 Å². The third-order valence-corrected chi connectivity index (χ3v) is 6.76. The van der Waals surface area contributed by atoms with Crippen LogP contribution >= 0.6 is 23.2 Å². The smallest absolute Gasteiger partial charge is 0.410 e. The van der Waals surface area contributed by atoms with Crippen molar-refractivity contribution in [1.82, 2.24) is 10.2 Å². The molecule has 4 rings (SSSR count). The van der Waals surface area contributed by atoms with E-state index in [1.807, 2.05) is 0 Å². The molecule has 1 spiro atoms. The topological polar surface area (TPSA) is 99.2 Å². The molecule has 0 bridgehead atoms. The van der Waals surface area contributed by atoms with Crippen LogP contribution in [0.25, 0.3) is 0 Å². The van der Waals surface area contributed by atoms with Crippen molar-refractivity contribution in [2.24, 2.45) is 5.92 Å². The number of benzene rings is 1. The lowest BCUT2D eigenvalue weighted by Gasteiger charge is -2.25. The van der Waals surface area contributed by atoms with Crippen molar-refractivity contribution in [2.75, 3.05) is 31.1 Å². The zero-order valence-corrected chi connectivity index (χ0v) is 19.1. The predicted octanol–water partition coefficient (Wildman–Crippen LogP) is 2.33. The molecule has 0 aliphatic carbocycles. The number of carbonyl (C=O) groups is 3. The molecule has 0 saturated carbocycles. The zero-order chi connectivity index (χ0) is 22.7. The van der Waals surface area contributed by atoms with Crippen LogP contribution in [0.2, 0.25) is 10.0 Å². The number of anilines is 1. The fourth-order valence-corrected chi connectivity index (χ4v) is 4.86. The van der Waals surface area contributed by atoms with Gasteiger partial charge < -0.3 is 20.1 Å². The highest BCUT2D eigenvalue weighted by Crippen LogP contribution is 2.48. The summed E-state index contributed by atoms with van der Waals surface area (Å²) in [6.07, 6.45) is -1.20. The number of fused-ring (bicyclic) bond motifs is 2. The first-order chi connectivity index (χ1) is 14.4. The Morgan fingerprint density at radius 3 is 2.52 bits per heavy atom. The molecule has 3 aliphatic heterocycles. The van der Waals surface area contributed by atoms with E-state index in [-0.39, 0.29) is 24.0 Å². The van der Waals surface area contributed by atoms with Gasteiger partial charge in [0.05, 0.1) is 39.7 Å². The Hall–Kier alpha value is -1.87. The summed E-state index contributed by atoms with van der Waals surface area (Å²) in [6, 6.07) is 3.17. The Kier molecular flexibility index (Phi) is 5.49. The molecular formula is C21H25Cl2N3O5. The Balaban J connectivity index is 1.64. The summed E-state index contributed by atoms with van der Waals surface area (Å²) in [7, 11) is 0. The first kappa shape index (κ1) is 22.3. The van der Waals surface area contributed by atoms with Gasteiger partial charge in [-0.3, -0.25) is 9.59 Å². The van der Waals surface area contributed by atoms with Crippen LogP contribution in [-0.4, -0.2) is 65.8 Å². The van der Waals surface area contributed by atoms with E-state index in [1.54, 1.807) is 26.8 Å². The third kappa shape index (κ3) is 3.69. The number of hydrogen-bond donors (Lipinski definition) is 2. The quantitative estimate of drug-likeness (QED) is 0.612. The molecule has 2 saturated heterocycles. The minimum atomic E-state index is -1.11. The molecule has 168 valence electrons. The van der Waals surface area contributed by atoms with E-state index in [1.165, 1.54) is 11.0 Å². The Bertz CT molecular complexity index is 955. The molecule has 3 amide bonds. The molecular weight excluding hydrogens is 445 g/mol. The average Bonchev–Trinajstić information content (AvgIpc) is 3.35. The van der Waals surface area contributed by atoms with Gasteiger partial charge in [0.2, 0.25) is 11.8 Å². The van der Waals surface area contributed by atoms with Crippen LogP contribution in [0, 0.1) is 5.92 Å². The number of aliphatic hydroxyl groups excluding tert-OH is 1. The zero-order valence-electron chi connectivity index (χ0n) is 17.6. The molecule has 10 heteroatoms. The fraction of sp³-hybridized carbons (Fsp3) is 0.571. The van der Waals surface area contributed by atoms with Crippen molar-refractivity contribution in [3.8, 4) is 0 Å². The summed E-state index contributed by atoms with van der Waals surface area (Å²) < 4.78 is 5.35. The number of nitrogens with one attached hydrogen (secondary N) is 1. The maximum atomic E-state index is 13.5. The van der Waals surface area contributed by atoms with Crippen molar-refractivity contribution in [2.45, 2.75) is 44.3 Å². The number of β-amino-alcohol motifs (C(OH)–C–C–N with tert-alkyl or cyclic N) is 1. The van der Waals surface area contributed by atoms with E-state index in [4.69, 9.17) is 27.9 Å². The van der Waals surface area contributed by atoms with E-state index < -0.39 is 35.0 Å². The van der Waals surface area contributed by atoms with E-state index in [9.17, 15) is 19.5 Å². The summed E-state index contributed by atoms with van der Waals surface area (Å²) in [5.74, 6) is -1.88. The maximum Gasteiger partial charge on any atom is 0.410 e. The monoisotopic (exact) mass is 469 g/mol. The van der Waals surface area contributed by atoms with E-state index in [2.05, 4.69) is 5.32 Å². The van der Waals surface area contributed by atoms with Gasteiger partial charge in [-0.25, -0.2) is 9.69 Å². The summed E-state index contributed by atoms with van der Waals surface area (Å²) >= 11 is 12.4. The SMILES string of the molecule is CC(C)(C)OC(=O)N1CC(O)C(C(=O)N2C(=O)[C@@]3(CCNC3)c3cc(Cl)c(Cl)cc32)C1. The van der Waals surface area contributed by atoms with Gasteiger partial charge in [0.15, 0.2) is 0 Å². The first-order valence-electron chi connectivity index (χ1n) is 10.2. The Morgan fingerprint density at radius 2 is 1.90 bits per heavy atom. The van der Waals surface area contributed by atoms with E-state index >= 15 is 0 Å². The highest BCUT2D eigenvalue weighted by atomic mass is 35.5.